The minimum absolute atomic E-state index is 0.0513. The van der Waals surface area contributed by atoms with Crippen molar-refractivity contribution in [3.8, 4) is 0 Å². The van der Waals surface area contributed by atoms with Crippen molar-refractivity contribution in [2.75, 3.05) is 5.32 Å². The van der Waals surface area contributed by atoms with Gasteiger partial charge in [0.1, 0.15) is 11.3 Å². The third kappa shape index (κ3) is 2.22. The lowest BCUT2D eigenvalue weighted by Crippen LogP contribution is -2.04. The monoisotopic (exact) mass is 276 g/mol. The average Bonchev–Trinajstić information content (AvgIpc) is 3.05. The summed E-state index contributed by atoms with van der Waals surface area (Å²) in [5, 5.41) is 21.7. The number of thiazole rings is 1. The third-order valence-electron chi connectivity index (χ3n) is 2.39. The van der Waals surface area contributed by atoms with Crippen molar-refractivity contribution in [3.05, 3.63) is 34.8 Å². The summed E-state index contributed by atoms with van der Waals surface area (Å²) in [5.41, 5.74) is 0.660. The zero-order chi connectivity index (χ0) is 13.2. The summed E-state index contributed by atoms with van der Waals surface area (Å²) in [6, 6.07) is 0. The van der Waals surface area contributed by atoms with Crippen LogP contribution in [0.15, 0.2) is 24.1 Å². The molecule has 0 amide bonds. The number of hydrogen-bond acceptors (Lipinski definition) is 7. The summed E-state index contributed by atoms with van der Waals surface area (Å²) >= 11 is 1.28. The first-order valence-electron chi connectivity index (χ1n) is 5.30. The van der Waals surface area contributed by atoms with Crippen LogP contribution in [-0.2, 0) is 6.54 Å². The van der Waals surface area contributed by atoms with E-state index in [1.165, 1.54) is 16.7 Å². The van der Waals surface area contributed by atoms with E-state index in [1.807, 2.05) is 0 Å². The van der Waals surface area contributed by atoms with E-state index in [-0.39, 0.29) is 5.69 Å². The van der Waals surface area contributed by atoms with Gasteiger partial charge in [0.2, 0.25) is 5.65 Å². The largest absolute Gasteiger partial charge is 0.476 e. The highest BCUT2D eigenvalue weighted by Crippen LogP contribution is 2.14. The van der Waals surface area contributed by atoms with E-state index in [0.29, 0.717) is 23.0 Å². The van der Waals surface area contributed by atoms with Crippen LogP contribution in [-0.4, -0.2) is 35.6 Å². The van der Waals surface area contributed by atoms with E-state index in [9.17, 15) is 4.79 Å². The van der Waals surface area contributed by atoms with Crippen LogP contribution in [0.5, 0.6) is 0 Å². The molecule has 3 heterocycles. The third-order valence-corrected chi connectivity index (χ3v) is 3.24. The maximum Gasteiger partial charge on any atom is 0.355 e. The van der Waals surface area contributed by atoms with Crippen LogP contribution < -0.4 is 5.32 Å². The molecule has 3 aromatic heterocycles. The number of nitrogens with one attached hydrogen (secondary N) is 1. The predicted octanol–water partition coefficient (Wildman–Crippen LogP) is 0.891. The topological polar surface area (TPSA) is 105 Å². The molecule has 0 spiro atoms. The van der Waals surface area contributed by atoms with Gasteiger partial charge in [-0.15, -0.1) is 21.5 Å². The van der Waals surface area contributed by atoms with Crippen molar-refractivity contribution < 1.29 is 9.90 Å². The van der Waals surface area contributed by atoms with E-state index >= 15 is 0 Å². The average molecular weight is 276 g/mol. The normalized spacial score (nSPS) is 10.7. The van der Waals surface area contributed by atoms with Gasteiger partial charge in [0.05, 0.1) is 6.54 Å². The molecule has 8 nitrogen and oxygen atoms in total. The van der Waals surface area contributed by atoms with Gasteiger partial charge in [-0.2, -0.15) is 0 Å². The molecular formula is C10H8N6O2S. The maximum atomic E-state index is 10.7. The molecule has 0 bridgehead atoms. The standard InChI is InChI=1S/C10H8N6O2S/c17-10(18)6-4-19-7(14-6)3-12-8-9-15-13-5-16(9)2-1-11-8/h1-2,4-5H,3H2,(H,11,12)(H,17,18). The SMILES string of the molecule is O=C(O)c1csc(CNc2nccn3cnnc23)n1. The number of carboxylic acid groups (broad SMARTS) is 1. The molecule has 0 aliphatic carbocycles. The van der Waals surface area contributed by atoms with Crippen LogP contribution >= 0.6 is 11.3 Å². The van der Waals surface area contributed by atoms with Gasteiger partial charge < -0.3 is 10.4 Å². The zero-order valence-corrected chi connectivity index (χ0v) is 10.3. The number of carbonyl (C=O) groups is 1. The van der Waals surface area contributed by atoms with E-state index < -0.39 is 5.97 Å². The number of hydrogen-bond donors (Lipinski definition) is 2. The first-order valence-corrected chi connectivity index (χ1v) is 6.18. The molecule has 2 N–H and O–H groups in total. The highest BCUT2D eigenvalue weighted by molar-refractivity contribution is 7.09. The number of carboxylic acids is 1. The molecule has 0 saturated carbocycles. The van der Waals surface area contributed by atoms with Crippen molar-refractivity contribution in [3.63, 3.8) is 0 Å². The van der Waals surface area contributed by atoms with E-state index in [4.69, 9.17) is 5.11 Å². The lowest BCUT2D eigenvalue weighted by Gasteiger charge is -2.03. The van der Waals surface area contributed by atoms with Gasteiger partial charge in [0, 0.05) is 17.8 Å². The lowest BCUT2D eigenvalue weighted by molar-refractivity contribution is 0.0691. The molecule has 0 aromatic carbocycles. The van der Waals surface area contributed by atoms with Gasteiger partial charge >= 0.3 is 5.97 Å². The van der Waals surface area contributed by atoms with Gasteiger partial charge in [-0.1, -0.05) is 0 Å². The van der Waals surface area contributed by atoms with Crippen LogP contribution in [0.1, 0.15) is 15.5 Å². The molecule has 19 heavy (non-hydrogen) atoms. The molecule has 3 aromatic rings. The first-order chi connectivity index (χ1) is 9.24. The Balaban J connectivity index is 1.78. The number of aromatic carboxylic acids is 1. The van der Waals surface area contributed by atoms with Gasteiger partial charge in [-0.05, 0) is 0 Å². The molecule has 0 aliphatic rings. The summed E-state index contributed by atoms with van der Waals surface area (Å²) in [6.45, 7) is 0.386. The van der Waals surface area contributed by atoms with Crippen LogP contribution in [0.4, 0.5) is 5.82 Å². The van der Waals surface area contributed by atoms with Crippen molar-refractivity contribution >= 4 is 28.8 Å². The second kappa shape index (κ2) is 4.61. The van der Waals surface area contributed by atoms with Gasteiger partial charge in [-0.25, -0.2) is 14.8 Å². The molecule has 0 saturated heterocycles. The van der Waals surface area contributed by atoms with Crippen molar-refractivity contribution in [1.29, 1.82) is 0 Å². The summed E-state index contributed by atoms with van der Waals surface area (Å²) in [6.07, 6.45) is 4.95. The fourth-order valence-corrected chi connectivity index (χ4v) is 2.24. The number of fused-ring (bicyclic) bond motifs is 1. The Labute approximate surface area is 110 Å². The molecule has 0 radical (unpaired) electrons. The second-order valence-corrected chi connectivity index (χ2v) is 4.57. The summed E-state index contributed by atoms with van der Waals surface area (Å²) in [5.74, 6) is -0.452. The zero-order valence-electron chi connectivity index (χ0n) is 9.52. The van der Waals surface area contributed by atoms with E-state index in [0.717, 1.165) is 0 Å². The van der Waals surface area contributed by atoms with E-state index in [1.54, 1.807) is 23.1 Å². The molecular weight excluding hydrogens is 268 g/mol. The van der Waals surface area contributed by atoms with Gasteiger partial charge in [-0.3, -0.25) is 4.40 Å². The van der Waals surface area contributed by atoms with Gasteiger partial charge in [0.15, 0.2) is 11.5 Å². The smallest absolute Gasteiger partial charge is 0.355 e. The molecule has 9 heteroatoms. The minimum atomic E-state index is -1.03. The highest BCUT2D eigenvalue weighted by Gasteiger charge is 2.09. The molecule has 0 unspecified atom stereocenters. The number of anilines is 1. The summed E-state index contributed by atoms with van der Waals surface area (Å²) < 4.78 is 1.74. The Bertz CT molecular complexity index is 736. The fraction of sp³-hybridized carbons (Fsp3) is 0.100. The molecule has 0 atom stereocenters. The number of rotatable bonds is 4. The molecule has 3 rings (SSSR count). The van der Waals surface area contributed by atoms with Crippen molar-refractivity contribution in [1.82, 2.24) is 24.6 Å². The predicted molar refractivity (Wildman–Crippen MR) is 67.2 cm³/mol. The summed E-state index contributed by atoms with van der Waals surface area (Å²) in [7, 11) is 0. The highest BCUT2D eigenvalue weighted by atomic mass is 32.1. The minimum Gasteiger partial charge on any atom is -0.476 e. The van der Waals surface area contributed by atoms with Gasteiger partial charge in [0.25, 0.3) is 0 Å². The van der Waals surface area contributed by atoms with Crippen molar-refractivity contribution in [2.45, 2.75) is 6.54 Å². The number of nitrogens with zero attached hydrogens (tertiary/aromatic N) is 5. The van der Waals surface area contributed by atoms with Crippen LogP contribution in [0.25, 0.3) is 5.65 Å². The molecule has 0 fully saturated rings. The molecule has 0 aliphatic heterocycles. The fourth-order valence-electron chi connectivity index (χ4n) is 1.53. The Morgan fingerprint density at radius 2 is 2.42 bits per heavy atom. The lowest BCUT2D eigenvalue weighted by atomic mass is 10.5. The number of aromatic nitrogens is 5. The Kier molecular flexibility index (Phi) is 2.80. The van der Waals surface area contributed by atoms with Crippen molar-refractivity contribution in [2.24, 2.45) is 0 Å². The maximum absolute atomic E-state index is 10.7. The molecule has 96 valence electrons. The Morgan fingerprint density at radius 1 is 1.53 bits per heavy atom. The van der Waals surface area contributed by atoms with E-state index in [2.05, 4.69) is 25.5 Å². The van der Waals surface area contributed by atoms with Crippen LogP contribution in [0.3, 0.4) is 0 Å². The Hall–Kier alpha value is -2.55. The first kappa shape index (κ1) is 11.5. The summed E-state index contributed by atoms with van der Waals surface area (Å²) in [4.78, 5) is 18.9. The second-order valence-electron chi connectivity index (χ2n) is 3.62. The quantitative estimate of drug-likeness (QED) is 0.729. The van der Waals surface area contributed by atoms with Crippen LogP contribution in [0, 0.1) is 0 Å². The Morgan fingerprint density at radius 3 is 3.21 bits per heavy atom. The van der Waals surface area contributed by atoms with Crippen LogP contribution in [0.2, 0.25) is 0 Å².